The van der Waals surface area contributed by atoms with Crippen molar-refractivity contribution in [3.8, 4) is 5.75 Å². The minimum absolute atomic E-state index is 0.0385. The molecule has 0 aliphatic rings. The van der Waals surface area contributed by atoms with Gasteiger partial charge < -0.3 is 10.5 Å². The summed E-state index contributed by atoms with van der Waals surface area (Å²) in [5.74, 6) is 0.453. The second-order valence-corrected chi connectivity index (χ2v) is 4.92. The predicted octanol–water partition coefficient (Wildman–Crippen LogP) is 2.21. The lowest BCUT2D eigenvalue weighted by Crippen LogP contribution is -2.15. The molecular formula is C13H15FN4OS. The number of nitrogens with zero attached hydrogens (tertiary/aromatic N) is 3. The Morgan fingerprint density at radius 3 is 2.90 bits per heavy atom. The molecule has 0 amide bonds. The highest BCUT2D eigenvalue weighted by atomic mass is 32.1. The van der Waals surface area contributed by atoms with Gasteiger partial charge in [-0.15, -0.1) is 0 Å². The lowest BCUT2D eigenvalue weighted by Gasteiger charge is -2.13. The number of aromatic nitrogens is 3. The van der Waals surface area contributed by atoms with Gasteiger partial charge in [0.25, 0.3) is 0 Å². The van der Waals surface area contributed by atoms with Crippen LogP contribution in [0.25, 0.3) is 0 Å². The lowest BCUT2D eigenvalue weighted by molar-refractivity contribution is 0.280. The maximum Gasteiger partial charge on any atom is 0.165 e. The Kier molecular flexibility index (Phi) is 4.29. The van der Waals surface area contributed by atoms with E-state index in [2.05, 4.69) is 10.1 Å². The van der Waals surface area contributed by atoms with Crippen LogP contribution in [0.3, 0.4) is 0 Å². The average Bonchev–Trinajstić information content (AvgIpc) is 2.84. The van der Waals surface area contributed by atoms with Crippen LogP contribution in [0.15, 0.2) is 24.5 Å². The third kappa shape index (κ3) is 2.93. The lowest BCUT2D eigenvalue weighted by atomic mass is 10.2. The van der Waals surface area contributed by atoms with Crippen LogP contribution >= 0.6 is 12.2 Å². The summed E-state index contributed by atoms with van der Waals surface area (Å²) in [4.78, 5) is 4.08. The molecule has 0 fully saturated rings. The molecule has 2 rings (SSSR count). The Morgan fingerprint density at radius 2 is 2.25 bits per heavy atom. The first kappa shape index (κ1) is 14.4. The van der Waals surface area contributed by atoms with Gasteiger partial charge in [-0.1, -0.05) is 18.3 Å². The smallest absolute Gasteiger partial charge is 0.165 e. The van der Waals surface area contributed by atoms with E-state index < -0.39 is 5.82 Å². The number of benzene rings is 1. The van der Waals surface area contributed by atoms with Gasteiger partial charge in [0.1, 0.15) is 29.5 Å². The van der Waals surface area contributed by atoms with Gasteiger partial charge in [-0.05, 0) is 26.0 Å². The van der Waals surface area contributed by atoms with Crippen molar-refractivity contribution < 1.29 is 9.13 Å². The minimum atomic E-state index is -0.500. The number of ether oxygens (including phenoxy) is 1. The summed E-state index contributed by atoms with van der Waals surface area (Å²) in [5, 5.41) is 4.10. The SMILES string of the molecule is CC(C)n1ncnc1COc1cccc(F)c1C(N)=S. The summed E-state index contributed by atoms with van der Waals surface area (Å²) >= 11 is 4.84. The Balaban J connectivity index is 2.21. The summed E-state index contributed by atoms with van der Waals surface area (Å²) in [5.41, 5.74) is 5.63. The molecule has 106 valence electrons. The highest BCUT2D eigenvalue weighted by molar-refractivity contribution is 7.80. The van der Waals surface area contributed by atoms with Gasteiger partial charge in [0.15, 0.2) is 5.82 Å². The molecule has 0 atom stereocenters. The molecule has 0 aliphatic heterocycles. The van der Waals surface area contributed by atoms with Gasteiger partial charge in [-0.2, -0.15) is 5.10 Å². The number of hydrogen-bond acceptors (Lipinski definition) is 4. The normalized spacial score (nSPS) is 10.8. The van der Waals surface area contributed by atoms with E-state index in [-0.39, 0.29) is 23.2 Å². The summed E-state index contributed by atoms with van der Waals surface area (Å²) < 4.78 is 21.0. The molecule has 2 aromatic rings. The van der Waals surface area contributed by atoms with Gasteiger partial charge in [0.2, 0.25) is 0 Å². The van der Waals surface area contributed by atoms with Crippen molar-refractivity contribution >= 4 is 17.2 Å². The minimum Gasteiger partial charge on any atom is -0.485 e. The molecule has 20 heavy (non-hydrogen) atoms. The maximum absolute atomic E-state index is 13.7. The summed E-state index contributed by atoms with van der Waals surface area (Å²) in [6, 6.07) is 4.62. The van der Waals surface area contributed by atoms with E-state index in [1.807, 2.05) is 13.8 Å². The summed E-state index contributed by atoms with van der Waals surface area (Å²) in [6.07, 6.45) is 1.46. The molecule has 0 radical (unpaired) electrons. The van der Waals surface area contributed by atoms with Gasteiger partial charge in [-0.3, -0.25) is 0 Å². The van der Waals surface area contributed by atoms with Crippen molar-refractivity contribution in [3.05, 3.63) is 41.7 Å². The molecule has 1 aromatic carbocycles. The monoisotopic (exact) mass is 294 g/mol. The number of thiocarbonyl (C=S) groups is 1. The van der Waals surface area contributed by atoms with Crippen molar-refractivity contribution in [1.29, 1.82) is 0 Å². The molecule has 1 aromatic heterocycles. The Morgan fingerprint density at radius 1 is 1.50 bits per heavy atom. The molecule has 0 saturated heterocycles. The van der Waals surface area contributed by atoms with Crippen LogP contribution in [0.2, 0.25) is 0 Å². The molecule has 5 nitrogen and oxygen atoms in total. The van der Waals surface area contributed by atoms with E-state index in [1.165, 1.54) is 12.4 Å². The van der Waals surface area contributed by atoms with Crippen molar-refractivity contribution in [1.82, 2.24) is 14.8 Å². The fraction of sp³-hybridized carbons (Fsp3) is 0.308. The molecule has 2 N–H and O–H groups in total. The van der Waals surface area contributed by atoms with E-state index >= 15 is 0 Å². The molecule has 0 aliphatic carbocycles. The zero-order valence-corrected chi connectivity index (χ0v) is 12.0. The zero-order chi connectivity index (χ0) is 14.7. The number of nitrogens with two attached hydrogens (primary N) is 1. The van der Waals surface area contributed by atoms with Crippen LogP contribution in [0.5, 0.6) is 5.75 Å². The van der Waals surface area contributed by atoms with E-state index in [4.69, 9.17) is 22.7 Å². The predicted molar refractivity (Wildman–Crippen MR) is 77.0 cm³/mol. The number of halogens is 1. The topological polar surface area (TPSA) is 66.0 Å². The van der Waals surface area contributed by atoms with Crippen LogP contribution < -0.4 is 10.5 Å². The first-order valence-electron chi connectivity index (χ1n) is 6.10. The van der Waals surface area contributed by atoms with E-state index in [9.17, 15) is 4.39 Å². The van der Waals surface area contributed by atoms with Gasteiger partial charge in [-0.25, -0.2) is 14.1 Å². The second kappa shape index (κ2) is 5.96. The van der Waals surface area contributed by atoms with Crippen LogP contribution in [-0.2, 0) is 6.61 Å². The molecule has 7 heteroatoms. The Bertz CT molecular complexity index is 627. The molecule has 1 heterocycles. The van der Waals surface area contributed by atoms with Crippen LogP contribution in [-0.4, -0.2) is 19.8 Å². The highest BCUT2D eigenvalue weighted by Gasteiger charge is 2.14. The van der Waals surface area contributed by atoms with Crippen molar-refractivity contribution in [3.63, 3.8) is 0 Å². The maximum atomic E-state index is 13.7. The van der Waals surface area contributed by atoms with Gasteiger partial charge in [0, 0.05) is 6.04 Å². The van der Waals surface area contributed by atoms with Crippen LogP contribution in [0.1, 0.15) is 31.3 Å². The van der Waals surface area contributed by atoms with E-state index in [1.54, 1.807) is 16.8 Å². The molecule has 0 spiro atoms. The van der Waals surface area contributed by atoms with E-state index in [0.717, 1.165) is 0 Å². The van der Waals surface area contributed by atoms with E-state index in [0.29, 0.717) is 11.6 Å². The number of rotatable bonds is 5. The first-order chi connectivity index (χ1) is 9.50. The van der Waals surface area contributed by atoms with Gasteiger partial charge >= 0.3 is 0 Å². The summed E-state index contributed by atoms with van der Waals surface area (Å²) in [7, 11) is 0. The van der Waals surface area contributed by atoms with Gasteiger partial charge in [0.05, 0.1) is 5.56 Å². The van der Waals surface area contributed by atoms with Crippen molar-refractivity contribution in [2.24, 2.45) is 5.73 Å². The fourth-order valence-electron chi connectivity index (χ4n) is 1.81. The third-order valence-corrected chi connectivity index (χ3v) is 2.92. The standard InChI is InChI=1S/C13H15FN4OS/c1-8(2)18-11(16-7-17-18)6-19-10-5-3-4-9(14)12(10)13(15)20/h3-5,7-8H,6H2,1-2H3,(H2,15,20). The Hall–Kier alpha value is -2.02. The summed E-state index contributed by atoms with van der Waals surface area (Å²) in [6.45, 7) is 4.14. The molecule has 0 bridgehead atoms. The zero-order valence-electron chi connectivity index (χ0n) is 11.2. The van der Waals surface area contributed by atoms with Crippen molar-refractivity contribution in [2.45, 2.75) is 26.5 Å². The van der Waals surface area contributed by atoms with Crippen LogP contribution in [0.4, 0.5) is 4.39 Å². The molecule has 0 unspecified atom stereocenters. The molecule has 0 saturated carbocycles. The van der Waals surface area contributed by atoms with Crippen LogP contribution in [0, 0.1) is 5.82 Å². The Labute approximate surface area is 121 Å². The largest absolute Gasteiger partial charge is 0.485 e. The molecular weight excluding hydrogens is 279 g/mol. The quantitative estimate of drug-likeness (QED) is 0.856. The fourth-order valence-corrected chi connectivity index (χ4v) is 2.01. The van der Waals surface area contributed by atoms with Crippen molar-refractivity contribution in [2.75, 3.05) is 0 Å². The second-order valence-electron chi connectivity index (χ2n) is 4.48. The average molecular weight is 294 g/mol. The number of hydrogen-bond donors (Lipinski definition) is 1. The highest BCUT2D eigenvalue weighted by Crippen LogP contribution is 2.22. The third-order valence-electron chi connectivity index (χ3n) is 2.71. The first-order valence-corrected chi connectivity index (χ1v) is 6.51.